The van der Waals surface area contributed by atoms with Gasteiger partial charge in [-0.05, 0) is 26.0 Å². The first kappa shape index (κ1) is 12.0. The predicted octanol–water partition coefficient (Wildman–Crippen LogP) is -0.772. The molecule has 80 valence electrons. The molecule has 0 aliphatic heterocycles. The predicted molar refractivity (Wildman–Crippen MR) is 59.7 cm³/mol. The molecule has 0 fully saturated rings. The van der Waals surface area contributed by atoms with Gasteiger partial charge in [0.05, 0.1) is 4.88 Å². The molecule has 4 heteroatoms. The zero-order chi connectivity index (χ0) is 10.1. The molecule has 0 saturated heterocycles. The minimum absolute atomic E-state index is 0. The van der Waals surface area contributed by atoms with E-state index in [2.05, 4.69) is 30.5 Å². The average molecular weight is 241 g/mol. The topological polar surface area (TPSA) is 29.9 Å². The summed E-state index contributed by atoms with van der Waals surface area (Å²) in [6.45, 7) is 4.19. The highest BCUT2D eigenvalue weighted by molar-refractivity contribution is 7.15. The Labute approximate surface area is 99.8 Å². The molecule has 2 aromatic rings. The van der Waals surface area contributed by atoms with E-state index >= 15 is 0 Å². The molecule has 1 aromatic carbocycles. The molecular weight excluding hydrogens is 228 g/mol. The van der Waals surface area contributed by atoms with Gasteiger partial charge in [-0.2, -0.15) is 4.57 Å². The third kappa shape index (κ3) is 2.13. The molecule has 0 saturated carbocycles. The number of thiazole rings is 1. The Balaban J connectivity index is 0.00000112. The van der Waals surface area contributed by atoms with Crippen LogP contribution in [-0.2, 0) is 0 Å². The third-order valence-electron chi connectivity index (χ3n) is 2.34. The first-order valence-electron chi connectivity index (χ1n) is 4.53. The summed E-state index contributed by atoms with van der Waals surface area (Å²) in [7, 11) is 0. The summed E-state index contributed by atoms with van der Waals surface area (Å²) >= 11 is 1.63. The summed E-state index contributed by atoms with van der Waals surface area (Å²) in [5.41, 5.74) is 8.31. The highest BCUT2D eigenvalue weighted by Crippen LogP contribution is 2.18. The molecule has 1 aromatic heterocycles. The van der Waals surface area contributed by atoms with Crippen LogP contribution in [0.1, 0.15) is 10.6 Å². The number of hydrogen-bond acceptors (Lipinski definition) is 2. The SMILES string of the molecule is Cc1sc(N)[n+](-c2ccccc2)c1C.[Cl-]. The van der Waals surface area contributed by atoms with Gasteiger partial charge in [0.1, 0.15) is 11.4 Å². The van der Waals surface area contributed by atoms with Gasteiger partial charge in [0.25, 0.3) is 0 Å². The number of halogens is 1. The summed E-state index contributed by atoms with van der Waals surface area (Å²) < 4.78 is 2.08. The van der Waals surface area contributed by atoms with Gasteiger partial charge < -0.3 is 12.4 Å². The number of nitrogen functional groups attached to an aromatic ring is 1. The Hall–Kier alpha value is -1.06. The zero-order valence-corrected chi connectivity index (χ0v) is 10.3. The number of hydrogen-bond donors (Lipinski definition) is 1. The van der Waals surface area contributed by atoms with Crippen molar-refractivity contribution in [1.82, 2.24) is 0 Å². The number of aryl methyl sites for hydroxylation is 1. The van der Waals surface area contributed by atoms with Gasteiger partial charge in [-0.25, -0.2) is 0 Å². The van der Waals surface area contributed by atoms with Crippen molar-refractivity contribution in [1.29, 1.82) is 0 Å². The van der Waals surface area contributed by atoms with Crippen LogP contribution in [0.25, 0.3) is 5.69 Å². The second-order valence-electron chi connectivity index (χ2n) is 3.25. The maximum Gasteiger partial charge on any atom is 0.337 e. The van der Waals surface area contributed by atoms with Gasteiger partial charge >= 0.3 is 5.13 Å². The van der Waals surface area contributed by atoms with E-state index < -0.39 is 0 Å². The van der Waals surface area contributed by atoms with Crippen molar-refractivity contribution in [3.05, 3.63) is 40.9 Å². The van der Waals surface area contributed by atoms with Crippen LogP contribution >= 0.6 is 11.3 Å². The fraction of sp³-hybridized carbons (Fsp3) is 0.182. The molecule has 1 heterocycles. The molecule has 0 aliphatic carbocycles. The number of nitrogens with two attached hydrogens (primary N) is 1. The van der Waals surface area contributed by atoms with E-state index in [-0.39, 0.29) is 12.4 Å². The Morgan fingerprint density at radius 1 is 1.13 bits per heavy atom. The molecule has 0 spiro atoms. The molecule has 0 unspecified atom stereocenters. The molecule has 0 atom stereocenters. The fourth-order valence-corrected chi connectivity index (χ4v) is 2.38. The monoisotopic (exact) mass is 240 g/mol. The molecule has 0 radical (unpaired) electrons. The van der Waals surface area contributed by atoms with Crippen molar-refractivity contribution in [2.24, 2.45) is 0 Å². The van der Waals surface area contributed by atoms with E-state index in [1.54, 1.807) is 11.3 Å². The molecule has 2 N–H and O–H groups in total. The maximum atomic E-state index is 5.96. The summed E-state index contributed by atoms with van der Waals surface area (Å²) in [5, 5.41) is 0.839. The lowest BCUT2D eigenvalue weighted by atomic mass is 10.3. The normalized spacial score (nSPS) is 9.73. The highest BCUT2D eigenvalue weighted by atomic mass is 35.5. The average Bonchev–Trinajstić information content (AvgIpc) is 2.43. The number of para-hydroxylation sites is 1. The molecule has 0 bridgehead atoms. The van der Waals surface area contributed by atoms with Crippen LogP contribution in [0.2, 0.25) is 0 Å². The van der Waals surface area contributed by atoms with E-state index in [1.807, 2.05) is 18.2 Å². The van der Waals surface area contributed by atoms with Gasteiger partial charge in [-0.15, -0.1) is 0 Å². The molecular formula is C11H13ClN2S. The maximum absolute atomic E-state index is 5.96. The lowest BCUT2D eigenvalue weighted by molar-refractivity contribution is -0.582. The highest BCUT2D eigenvalue weighted by Gasteiger charge is 2.16. The Morgan fingerprint density at radius 3 is 2.20 bits per heavy atom. The lowest BCUT2D eigenvalue weighted by Gasteiger charge is -1.99. The van der Waals surface area contributed by atoms with Crippen LogP contribution in [0.15, 0.2) is 30.3 Å². The van der Waals surface area contributed by atoms with Gasteiger partial charge in [-0.3, -0.25) is 5.73 Å². The van der Waals surface area contributed by atoms with Crippen LogP contribution in [0.5, 0.6) is 0 Å². The standard InChI is InChI=1S/C11H12N2S.ClH/c1-8-9(2)14-11(12)13(8)10-6-4-3-5-7-10;/h3-7,12H,1-2H3;1H. The van der Waals surface area contributed by atoms with Crippen LogP contribution in [0.4, 0.5) is 5.13 Å². The Kier molecular flexibility index (Phi) is 3.72. The second kappa shape index (κ2) is 4.64. The van der Waals surface area contributed by atoms with Gasteiger partial charge in [0.2, 0.25) is 0 Å². The van der Waals surface area contributed by atoms with Crippen LogP contribution in [-0.4, -0.2) is 0 Å². The molecule has 2 nitrogen and oxygen atoms in total. The number of aromatic nitrogens is 1. The Morgan fingerprint density at radius 2 is 1.73 bits per heavy atom. The van der Waals surface area contributed by atoms with Crippen LogP contribution < -0.4 is 22.7 Å². The van der Waals surface area contributed by atoms with Crippen molar-refractivity contribution in [3.8, 4) is 5.69 Å². The summed E-state index contributed by atoms with van der Waals surface area (Å²) in [6, 6.07) is 10.2. The van der Waals surface area contributed by atoms with Crippen molar-refractivity contribution in [2.75, 3.05) is 5.73 Å². The van der Waals surface area contributed by atoms with Gasteiger partial charge in [0.15, 0.2) is 0 Å². The van der Waals surface area contributed by atoms with Crippen LogP contribution in [0, 0.1) is 13.8 Å². The van der Waals surface area contributed by atoms with Crippen molar-refractivity contribution in [2.45, 2.75) is 13.8 Å². The van der Waals surface area contributed by atoms with Crippen molar-refractivity contribution in [3.63, 3.8) is 0 Å². The van der Waals surface area contributed by atoms with E-state index in [0.717, 1.165) is 10.8 Å². The van der Waals surface area contributed by atoms with E-state index in [0.29, 0.717) is 0 Å². The number of nitrogens with zero attached hydrogens (tertiary/aromatic N) is 1. The fourth-order valence-electron chi connectivity index (χ4n) is 1.50. The molecule has 0 amide bonds. The minimum atomic E-state index is 0. The van der Waals surface area contributed by atoms with E-state index in [9.17, 15) is 0 Å². The number of rotatable bonds is 1. The summed E-state index contributed by atoms with van der Waals surface area (Å²) in [5.74, 6) is 0. The van der Waals surface area contributed by atoms with E-state index in [4.69, 9.17) is 5.73 Å². The quantitative estimate of drug-likeness (QED) is 0.652. The zero-order valence-electron chi connectivity index (χ0n) is 8.70. The second-order valence-corrected chi connectivity index (χ2v) is 4.49. The largest absolute Gasteiger partial charge is 1.00 e. The summed E-state index contributed by atoms with van der Waals surface area (Å²) in [6.07, 6.45) is 0. The third-order valence-corrected chi connectivity index (χ3v) is 3.33. The lowest BCUT2D eigenvalue weighted by Crippen LogP contribution is -3.00. The van der Waals surface area contributed by atoms with Gasteiger partial charge in [0, 0.05) is 0 Å². The van der Waals surface area contributed by atoms with Crippen molar-refractivity contribution < 1.29 is 17.0 Å². The number of benzene rings is 1. The first-order chi connectivity index (χ1) is 6.70. The molecule has 2 rings (SSSR count). The number of anilines is 1. The Bertz CT molecular complexity index is 451. The van der Waals surface area contributed by atoms with E-state index in [1.165, 1.54) is 10.6 Å². The van der Waals surface area contributed by atoms with Crippen LogP contribution in [0.3, 0.4) is 0 Å². The van der Waals surface area contributed by atoms with Crippen molar-refractivity contribution >= 4 is 16.5 Å². The first-order valence-corrected chi connectivity index (χ1v) is 5.34. The smallest absolute Gasteiger partial charge is 0.337 e. The summed E-state index contributed by atoms with van der Waals surface area (Å²) in [4.78, 5) is 1.27. The molecule has 15 heavy (non-hydrogen) atoms. The molecule has 0 aliphatic rings. The minimum Gasteiger partial charge on any atom is -1.00 e. The van der Waals surface area contributed by atoms with Gasteiger partial charge in [-0.1, -0.05) is 29.5 Å².